The molecule has 0 atom stereocenters. The Hall–Kier alpha value is -7.33. The van der Waals surface area contributed by atoms with Crippen molar-refractivity contribution < 1.29 is 0 Å². The fourth-order valence-corrected chi connectivity index (χ4v) is 17.6. The third-order valence-electron chi connectivity index (χ3n) is 16.3. The Bertz CT molecular complexity index is 3940. The smallest absolute Gasteiger partial charge is 0.0803 e. The van der Waals surface area contributed by atoms with Crippen LogP contribution in [0.15, 0.2) is 218 Å². The van der Waals surface area contributed by atoms with Crippen LogP contribution >= 0.6 is 0 Å². The van der Waals surface area contributed by atoms with Gasteiger partial charge in [0.25, 0.3) is 0 Å². The minimum atomic E-state index is -2.01. The molecule has 12 aromatic rings. The molecule has 0 N–H and O–H groups in total. The molecule has 0 radical (unpaired) electrons. The van der Waals surface area contributed by atoms with E-state index in [0.717, 1.165) is 11.4 Å². The summed E-state index contributed by atoms with van der Waals surface area (Å²) in [6.45, 7) is 30.0. The van der Waals surface area contributed by atoms with Gasteiger partial charge in [-0.05, 0) is 90.6 Å². The van der Waals surface area contributed by atoms with E-state index in [1.165, 1.54) is 120 Å². The minimum Gasteiger partial charge on any atom is -0.309 e. The maximum absolute atomic E-state index is 2.67. The average molecular weight is 1080 g/mol. The molecule has 2 nitrogen and oxygen atoms in total. The molecule has 0 aliphatic heterocycles. The van der Waals surface area contributed by atoms with E-state index >= 15 is 0 Å². The van der Waals surface area contributed by atoms with Gasteiger partial charge in [-0.15, -0.1) is 0 Å². The lowest BCUT2D eigenvalue weighted by Crippen LogP contribution is -2.41. The van der Waals surface area contributed by atoms with Gasteiger partial charge in [0.05, 0.1) is 55.0 Å². The van der Waals surface area contributed by atoms with Crippen LogP contribution < -0.4 is 30.5 Å². The highest BCUT2D eigenvalue weighted by Crippen LogP contribution is 2.53. The second-order valence-electron chi connectivity index (χ2n) is 25.8. The van der Waals surface area contributed by atoms with E-state index in [2.05, 4.69) is 307 Å². The zero-order valence-corrected chi connectivity index (χ0v) is 51.7. The van der Waals surface area contributed by atoms with Crippen molar-refractivity contribution in [3.8, 4) is 22.3 Å². The first-order valence-electron chi connectivity index (χ1n) is 28.0. The number of para-hydroxylation sites is 2. The predicted octanol–water partition coefficient (Wildman–Crippen LogP) is 19.3. The van der Waals surface area contributed by atoms with Crippen molar-refractivity contribution in [2.24, 2.45) is 0 Å². The number of fused-ring (bicyclic) bond motifs is 2. The lowest BCUT2D eigenvalue weighted by atomic mass is 9.85. The summed E-state index contributed by atoms with van der Waals surface area (Å²) in [4.78, 5) is 5.34. The Balaban J connectivity index is 1.29. The Morgan fingerprint density at radius 2 is 0.590 bits per heavy atom. The molecule has 6 heteroatoms. The van der Waals surface area contributed by atoms with Crippen LogP contribution in [0.1, 0.15) is 0 Å². The predicted molar refractivity (Wildman–Crippen MR) is 357 cm³/mol. The van der Waals surface area contributed by atoms with Gasteiger partial charge in [0.2, 0.25) is 0 Å². The van der Waals surface area contributed by atoms with Gasteiger partial charge in [0.15, 0.2) is 0 Å². The van der Waals surface area contributed by atoms with Gasteiger partial charge in [0.1, 0.15) is 0 Å². The van der Waals surface area contributed by atoms with Crippen LogP contribution in [0.2, 0.25) is 78.6 Å². The third kappa shape index (κ3) is 9.02. The molecule has 0 amide bonds. The molecule has 0 spiro atoms. The highest BCUT2D eigenvalue weighted by molar-refractivity contribution is 6.91. The van der Waals surface area contributed by atoms with E-state index in [-0.39, 0.29) is 0 Å². The summed E-state index contributed by atoms with van der Waals surface area (Å²) < 4.78 is 0. The number of nitrogens with zero attached hydrogens (tertiary/aromatic N) is 2. The van der Waals surface area contributed by atoms with Crippen molar-refractivity contribution in [1.29, 1.82) is 0 Å². The quantitative estimate of drug-likeness (QED) is 0.0889. The first-order valence-corrected chi connectivity index (χ1v) is 42.0. The Labute approximate surface area is 467 Å². The molecule has 386 valence electrons. The third-order valence-corrected chi connectivity index (χ3v) is 24.4. The maximum Gasteiger partial charge on any atom is 0.0803 e. The standard InChI is InChI=1S/C72H72N2Si4/c1-75(2,3)55-37-33-51-35-43-67(77(7,8)9)71(63(51)45-55)73(53-29-21-15-22-30-53)65-47-61(49-25-17-13-18-26-49)57-40-42-60-66(48-62(50-27-19-14-20-28-50)58-39-41-59(65)69(57)70(58)60)74(54-31-23-16-24-32-54)72-64-46-56(76(4,5)6)38-34-52(64)36-44-68(72)78(10,11)12/h13-48H,1-12H3. The monoisotopic (exact) mass is 1080 g/mol. The summed E-state index contributed by atoms with van der Waals surface area (Å²) >= 11 is 0. The minimum absolute atomic E-state index is 1.16. The molecular formula is C72H72N2Si4. The van der Waals surface area contributed by atoms with E-state index in [1.54, 1.807) is 0 Å². The van der Waals surface area contributed by atoms with Crippen molar-refractivity contribution in [2.75, 3.05) is 9.80 Å². The van der Waals surface area contributed by atoms with E-state index < -0.39 is 32.3 Å². The first-order chi connectivity index (χ1) is 37.3. The molecule has 0 saturated carbocycles. The van der Waals surface area contributed by atoms with E-state index in [0.29, 0.717) is 0 Å². The normalized spacial score (nSPS) is 12.6. The molecule has 0 aliphatic rings. The van der Waals surface area contributed by atoms with Crippen LogP contribution in [0.3, 0.4) is 0 Å². The summed E-state index contributed by atoms with van der Waals surface area (Å²) in [5.41, 5.74) is 12.2. The fraction of sp³-hybridized carbons (Fsp3) is 0.167. The van der Waals surface area contributed by atoms with Gasteiger partial charge >= 0.3 is 0 Å². The summed E-state index contributed by atoms with van der Waals surface area (Å²) in [5.74, 6) is 0. The molecular weight excluding hydrogens is 1010 g/mol. The number of benzene rings is 12. The Morgan fingerprint density at radius 1 is 0.269 bits per heavy atom. The molecule has 12 aromatic carbocycles. The van der Waals surface area contributed by atoms with Crippen molar-refractivity contribution in [3.05, 3.63) is 218 Å². The number of rotatable bonds is 12. The summed E-state index contributed by atoms with van der Waals surface area (Å²) in [5, 5.41) is 18.6. The number of hydrogen-bond donors (Lipinski definition) is 0. The molecule has 0 aliphatic carbocycles. The van der Waals surface area contributed by atoms with Gasteiger partial charge in [-0.2, -0.15) is 0 Å². The molecule has 0 fully saturated rings. The van der Waals surface area contributed by atoms with Gasteiger partial charge in [-0.1, -0.05) is 271 Å². The summed E-state index contributed by atoms with van der Waals surface area (Å²) in [7, 11) is -7.45. The summed E-state index contributed by atoms with van der Waals surface area (Å²) in [6.07, 6.45) is 0. The summed E-state index contributed by atoms with van der Waals surface area (Å²) in [6, 6.07) is 84.1. The Kier molecular flexibility index (Phi) is 12.7. The SMILES string of the molecule is C[Si](C)(C)c1ccc2ccc([Si](C)(C)C)c(N(c3ccccc3)c3cc(-c4ccccc4)c4ccc5c(N(c6ccccc6)c6c([Si](C)(C)C)ccc7ccc([Si](C)(C)C)cc67)cc(-c6ccccc6)c6ccc3c4c65)c2c1. The van der Waals surface area contributed by atoms with Gasteiger partial charge in [-0.25, -0.2) is 0 Å². The second-order valence-corrected chi connectivity index (χ2v) is 46.1. The lowest BCUT2D eigenvalue weighted by Gasteiger charge is -2.35. The van der Waals surface area contributed by atoms with Crippen LogP contribution in [-0.4, -0.2) is 32.3 Å². The zero-order chi connectivity index (χ0) is 54.5. The maximum atomic E-state index is 2.67. The van der Waals surface area contributed by atoms with Crippen molar-refractivity contribution in [2.45, 2.75) is 78.6 Å². The Morgan fingerprint density at radius 3 is 0.923 bits per heavy atom. The molecule has 12 rings (SSSR count). The molecule has 0 aromatic heterocycles. The average Bonchev–Trinajstić information content (AvgIpc) is 3.04. The van der Waals surface area contributed by atoms with E-state index in [9.17, 15) is 0 Å². The fourth-order valence-electron chi connectivity index (χ4n) is 12.2. The van der Waals surface area contributed by atoms with Crippen molar-refractivity contribution in [3.63, 3.8) is 0 Å². The van der Waals surface area contributed by atoms with Crippen LogP contribution in [0.4, 0.5) is 34.1 Å². The largest absolute Gasteiger partial charge is 0.309 e. The zero-order valence-electron chi connectivity index (χ0n) is 47.7. The first kappa shape index (κ1) is 51.4. The topological polar surface area (TPSA) is 6.48 Å². The highest BCUT2D eigenvalue weighted by atomic mass is 28.3. The van der Waals surface area contributed by atoms with Crippen molar-refractivity contribution >= 4 is 141 Å². The van der Waals surface area contributed by atoms with Crippen LogP contribution in [0.5, 0.6) is 0 Å². The van der Waals surface area contributed by atoms with Gasteiger partial charge in [0, 0.05) is 43.7 Å². The van der Waals surface area contributed by atoms with E-state index in [1.807, 2.05) is 0 Å². The van der Waals surface area contributed by atoms with Gasteiger partial charge < -0.3 is 9.80 Å². The number of anilines is 6. The highest BCUT2D eigenvalue weighted by Gasteiger charge is 2.33. The molecule has 78 heavy (non-hydrogen) atoms. The molecule has 0 bridgehead atoms. The molecule has 0 heterocycles. The molecule has 0 saturated heterocycles. The second kappa shape index (κ2) is 19.2. The van der Waals surface area contributed by atoms with Crippen LogP contribution in [-0.2, 0) is 0 Å². The molecule has 0 unspecified atom stereocenters. The lowest BCUT2D eigenvalue weighted by molar-refractivity contribution is 1.32. The van der Waals surface area contributed by atoms with Crippen LogP contribution in [0.25, 0.3) is 76.1 Å². The van der Waals surface area contributed by atoms with Crippen LogP contribution in [0, 0.1) is 0 Å². The van der Waals surface area contributed by atoms with Crippen molar-refractivity contribution in [1.82, 2.24) is 0 Å². The number of hydrogen-bond acceptors (Lipinski definition) is 2. The van der Waals surface area contributed by atoms with E-state index in [4.69, 9.17) is 0 Å². The van der Waals surface area contributed by atoms with Gasteiger partial charge in [-0.3, -0.25) is 0 Å².